The fraction of sp³-hybridized carbons (Fsp3) is 0.0588. The summed E-state index contributed by atoms with van der Waals surface area (Å²) in [5.74, 6) is 1.51. The van der Waals surface area contributed by atoms with E-state index < -0.39 is 6.09 Å². The summed E-state index contributed by atoms with van der Waals surface area (Å²) in [4.78, 5) is 11.6. The number of hydrogen-bond donors (Lipinski definition) is 0. The van der Waals surface area contributed by atoms with Gasteiger partial charge in [-0.3, -0.25) is 0 Å². The quantitative estimate of drug-likeness (QED) is 0.733. The summed E-state index contributed by atoms with van der Waals surface area (Å²) >= 11 is 0. The van der Waals surface area contributed by atoms with Crippen molar-refractivity contribution in [3.05, 3.63) is 78.6 Å². The minimum absolute atomic E-state index is 0.185. The molecule has 3 rings (SSSR count). The van der Waals surface area contributed by atoms with Crippen molar-refractivity contribution in [2.24, 2.45) is 0 Å². The molecule has 0 atom stereocenters. The summed E-state index contributed by atoms with van der Waals surface area (Å²) < 4.78 is 12.0. The number of para-hydroxylation sites is 1. The van der Waals surface area contributed by atoms with E-state index in [4.69, 9.17) is 9.47 Å². The molecule has 0 aliphatic carbocycles. The molecule has 0 aliphatic rings. The van der Waals surface area contributed by atoms with Crippen molar-refractivity contribution >= 4 is 6.09 Å². The number of nitrogens with zero attached hydrogens (tertiary/aromatic N) is 2. The normalized spacial score (nSPS) is 10.2. The molecule has 1 aromatic heterocycles. The van der Waals surface area contributed by atoms with Crippen LogP contribution in [0.2, 0.25) is 0 Å². The van der Waals surface area contributed by atoms with Crippen LogP contribution in [0.1, 0.15) is 5.56 Å². The van der Waals surface area contributed by atoms with E-state index in [2.05, 4.69) is 5.10 Å². The second-order valence-corrected chi connectivity index (χ2v) is 4.56. The van der Waals surface area contributed by atoms with Crippen LogP contribution in [0, 0.1) is 0 Å². The lowest BCUT2D eigenvalue weighted by atomic mass is 10.2. The minimum Gasteiger partial charge on any atom is -0.457 e. The Morgan fingerprint density at radius 3 is 2.36 bits per heavy atom. The van der Waals surface area contributed by atoms with Gasteiger partial charge in [0.1, 0.15) is 18.1 Å². The maximum Gasteiger partial charge on any atom is 0.434 e. The molecule has 0 N–H and O–H groups in total. The molecule has 2 aromatic carbocycles. The molecule has 5 nitrogen and oxygen atoms in total. The highest BCUT2D eigenvalue weighted by atomic mass is 16.6. The molecule has 0 radical (unpaired) electrons. The largest absolute Gasteiger partial charge is 0.457 e. The molecule has 0 saturated heterocycles. The van der Waals surface area contributed by atoms with Gasteiger partial charge in [-0.1, -0.05) is 30.3 Å². The van der Waals surface area contributed by atoms with Gasteiger partial charge in [0.05, 0.1) is 0 Å². The summed E-state index contributed by atoms with van der Waals surface area (Å²) in [5.41, 5.74) is 0.876. The smallest absolute Gasteiger partial charge is 0.434 e. The molecule has 22 heavy (non-hydrogen) atoms. The van der Waals surface area contributed by atoms with E-state index in [0.29, 0.717) is 0 Å². The van der Waals surface area contributed by atoms with E-state index in [1.54, 1.807) is 12.3 Å². The van der Waals surface area contributed by atoms with Gasteiger partial charge in [-0.2, -0.15) is 9.78 Å². The molecule has 0 amide bonds. The zero-order valence-electron chi connectivity index (χ0n) is 11.8. The Morgan fingerprint density at radius 1 is 0.955 bits per heavy atom. The maximum absolute atomic E-state index is 11.6. The third-order valence-electron chi connectivity index (χ3n) is 2.96. The molecule has 5 heteroatoms. The van der Waals surface area contributed by atoms with Gasteiger partial charge in [0, 0.05) is 12.4 Å². The van der Waals surface area contributed by atoms with Crippen molar-refractivity contribution in [3.63, 3.8) is 0 Å². The maximum atomic E-state index is 11.6. The van der Waals surface area contributed by atoms with E-state index in [1.807, 2.05) is 54.6 Å². The highest BCUT2D eigenvalue weighted by molar-refractivity contribution is 5.69. The van der Waals surface area contributed by atoms with Gasteiger partial charge in [-0.05, 0) is 35.9 Å². The van der Waals surface area contributed by atoms with Crippen molar-refractivity contribution in [1.29, 1.82) is 0 Å². The van der Waals surface area contributed by atoms with Crippen LogP contribution in [0.5, 0.6) is 11.5 Å². The van der Waals surface area contributed by atoms with E-state index >= 15 is 0 Å². The summed E-state index contributed by atoms with van der Waals surface area (Å²) in [5, 5.41) is 3.81. The lowest BCUT2D eigenvalue weighted by molar-refractivity contribution is 0.138. The monoisotopic (exact) mass is 294 g/mol. The number of carbonyl (C=O) groups is 1. The van der Waals surface area contributed by atoms with Crippen LogP contribution in [0.25, 0.3) is 0 Å². The van der Waals surface area contributed by atoms with Crippen LogP contribution in [0.3, 0.4) is 0 Å². The molecule has 0 fully saturated rings. The minimum atomic E-state index is -0.505. The third-order valence-corrected chi connectivity index (χ3v) is 2.96. The molecule has 0 unspecified atom stereocenters. The van der Waals surface area contributed by atoms with E-state index in [9.17, 15) is 4.79 Å². The Kier molecular flexibility index (Phi) is 4.15. The fourth-order valence-corrected chi connectivity index (χ4v) is 1.87. The van der Waals surface area contributed by atoms with Crippen molar-refractivity contribution in [2.75, 3.05) is 0 Å². The molecule has 3 aromatic rings. The van der Waals surface area contributed by atoms with Gasteiger partial charge in [-0.25, -0.2) is 4.79 Å². The number of rotatable bonds is 4. The van der Waals surface area contributed by atoms with Crippen molar-refractivity contribution in [1.82, 2.24) is 9.78 Å². The molecule has 0 aliphatic heterocycles. The molecule has 110 valence electrons. The zero-order valence-corrected chi connectivity index (χ0v) is 11.8. The van der Waals surface area contributed by atoms with Crippen LogP contribution in [0.4, 0.5) is 4.79 Å². The molecule has 1 heterocycles. The topological polar surface area (TPSA) is 53.4 Å². The zero-order chi connectivity index (χ0) is 15.2. The predicted octanol–water partition coefficient (Wildman–Crippen LogP) is 3.86. The number of aromatic nitrogens is 2. The summed E-state index contributed by atoms with van der Waals surface area (Å²) in [6.07, 6.45) is 2.56. The van der Waals surface area contributed by atoms with Gasteiger partial charge in [0.2, 0.25) is 0 Å². The summed E-state index contributed by atoms with van der Waals surface area (Å²) in [7, 11) is 0. The van der Waals surface area contributed by atoms with Gasteiger partial charge in [0.15, 0.2) is 0 Å². The summed E-state index contributed by atoms with van der Waals surface area (Å²) in [6, 6.07) is 18.6. The van der Waals surface area contributed by atoms with Gasteiger partial charge in [-0.15, -0.1) is 0 Å². The Hall–Kier alpha value is -3.08. The first-order valence-corrected chi connectivity index (χ1v) is 6.80. The van der Waals surface area contributed by atoms with Crippen LogP contribution in [-0.2, 0) is 11.3 Å². The number of carbonyl (C=O) groups excluding carboxylic acids is 1. The Bertz CT molecular complexity index is 722. The lowest BCUT2D eigenvalue weighted by Gasteiger charge is -2.07. The lowest BCUT2D eigenvalue weighted by Crippen LogP contribution is -2.13. The Balaban J connectivity index is 1.56. The molecular formula is C17H14N2O3. The van der Waals surface area contributed by atoms with Crippen LogP contribution in [-0.4, -0.2) is 15.9 Å². The van der Waals surface area contributed by atoms with E-state index in [-0.39, 0.29) is 6.61 Å². The van der Waals surface area contributed by atoms with E-state index in [1.165, 1.54) is 6.20 Å². The predicted molar refractivity (Wildman–Crippen MR) is 80.8 cm³/mol. The van der Waals surface area contributed by atoms with Crippen molar-refractivity contribution in [2.45, 2.75) is 6.61 Å². The first-order valence-electron chi connectivity index (χ1n) is 6.80. The molecular weight excluding hydrogens is 280 g/mol. The number of hydrogen-bond acceptors (Lipinski definition) is 4. The highest BCUT2D eigenvalue weighted by Gasteiger charge is 2.06. The Morgan fingerprint density at radius 2 is 1.68 bits per heavy atom. The van der Waals surface area contributed by atoms with Crippen LogP contribution in [0.15, 0.2) is 73.1 Å². The van der Waals surface area contributed by atoms with Gasteiger partial charge in [0.25, 0.3) is 0 Å². The number of ether oxygens (including phenoxy) is 2. The van der Waals surface area contributed by atoms with Gasteiger partial charge >= 0.3 is 6.09 Å². The van der Waals surface area contributed by atoms with Crippen molar-refractivity contribution < 1.29 is 14.3 Å². The first-order chi connectivity index (χ1) is 10.8. The number of benzene rings is 2. The average Bonchev–Trinajstić information content (AvgIpc) is 3.09. The van der Waals surface area contributed by atoms with Crippen LogP contribution >= 0.6 is 0 Å². The Labute approximate surface area is 127 Å². The van der Waals surface area contributed by atoms with Crippen LogP contribution < -0.4 is 4.74 Å². The first kappa shape index (κ1) is 13.9. The highest BCUT2D eigenvalue weighted by Crippen LogP contribution is 2.21. The molecule has 0 bridgehead atoms. The third kappa shape index (κ3) is 3.52. The second-order valence-electron chi connectivity index (χ2n) is 4.56. The fourth-order valence-electron chi connectivity index (χ4n) is 1.87. The molecule has 0 spiro atoms. The average molecular weight is 294 g/mol. The van der Waals surface area contributed by atoms with E-state index in [0.717, 1.165) is 21.7 Å². The summed E-state index contributed by atoms with van der Waals surface area (Å²) in [6.45, 7) is 0.185. The SMILES string of the molecule is O=C(OCc1ccc(Oc2ccccc2)cc1)n1cccn1. The second kappa shape index (κ2) is 6.58. The standard InChI is InChI=1S/C17H14N2O3/c20-17(19-12-4-11-18-19)21-13-14-7-9-16(10-8-14)22-15-5-2-1-3-6-15/h1-12H,13H2. The van der Waals surface area contributed by atoms with Gasteiger partial charge < -0.3 is 9.47 Å². The molecule has 0 saturated carbocycles. The van der Waals surface area contributed by atoms with Crippen molar-refractivity contribution in [3.8, 4) is 11.5 Å².